The first-order valence-electron chi connectivity index (χ1n) is 25.0. The number of aliphatic hydroxyl groups excluding tert-OH is 2. The molecule has 3 unspecified atom stereocenters. The van der Waals surface area contributed by atoms with E-state index in [4.69, 9.17) is 4.74 Å². The zero-order valence-electron chi connectivity index (χ0n) is 39.5. The van der Waals surface area contributed by atoms with Gasteiger partial charge in [0.15, 0.2) is 0 Å². The number of ether oxygens (including phenoxy) is 1. The smallest absolute Gasteiger partial charge is 0.306 e. The second-order valence-corrected chi connectivity index (χ2v) is 16.6. The standard InChI is InChI=1S/C55H93NO5/c1-4-7-10-13-16-19-22-25-26-27-30-33-36-39-42-45-48-55(60)61-51(46-43-40-37-34-31-28-23-20-17-14-11-8-5-2)49-54(59)56-52(50-57)53(58)47-44-41-38-35-32-29-24-21-18-15-12-9-6-3/h7-8,10-11,14,16-17,19-20,23,25-26,28,31,34,37,51-53,57-58H,4-6,9,12-13,15,18,21-22,24,27,29-30,32-33,35-36,38-50H2,1-3H3,(H,56,59)/b10-7+,11-8+,17-14+,19-16+,23-20-,26-25+,31-28-,37-34+. The molecular weight excluding hydrogens is 755 g/mol. The van der Waals surface area contributed by atoms with Crippen LogP contribution in [0.15, 0.2) is 97.2 Å². The quantitative estimate of drug-likeness (QED) is 0.0246. The first-order valence-corrected chi connectivity index (χ1v) is 25.0. The van der Waals surface area contributed by atoms with Gasteiger partial charge in [0.25, 0.3) is 0 Å². The summed E-state index contributed by atoms with van der Waals surface area (Å²) in [7, 11) is 0. The molecule has 0 saturated carbocycles. The maximum atomic E-state index is 13.2. The lowest BCUT2D eigenvalue weighted by Crippen LogP contribution is -2.46. The van der Waals surface area contributed by atoms with Gasteiger partial charge < -0.3 is 20.3 Å². The first-order chi connectivity index (χ1) is 30.0. The highest BCUT2D eigenvalue weighted by atomic mass is 16.5. The Kier molecular flexibility index (Phi) is 45.3. The summed E-state index contributed by atoms with van der Waals surface area (Å²) < 4.78 is 5.88. The molecule has 0 spiro atoms. The lowest BCUT2D eigenvalue weighted by atomic mass is 10.0. The van der Waals surface area contributed by atoms with Gasteiger partial charge in [-0.05, 0) is 70.6 Å². The number of hydrogen-bond acceptors (Lipinski definition) is 5. The highest BCUT2D eigenvalue weighted by Crippen LogP contribution is 2.17. The van der Waals surface area contributed by atoms with Gasteiger partial charge in [-0.15, -0.1) is 0 Å². The van der Waals surface area contributed by atoms with Crippen LogP contribution in [0.4, 0.5) is 0 Å². The van der Waals surface area contributed by atoms with Gasteiger partial charge in [-0.25, -0.2) is 0 Å². The van der Waals surface area contributed by atoms with E-state index in [1.54, 1.807) is 0 Å². The van der Waals surface area contributed by atoms with Gasteiger partial charge in [0, 0.05) is 6.42 Å². The van der Waals surface area contributed by atoms with Crippen LogP contribution in [0.2, 0.25) is 0 Å². The summed E-state index contributed by atoms with van der Waals surface area (Å²) in [5, 5.41) is 23.7. The van der Waals surface area contributed by atoms with Crippen LogP contribution in [0.25, 0.3) is 0 Å². The van der Waals surface area contributed by atoms with Crippen molar-refractivity contribution >= 4 is 11.9 Å². The monoisotopic (exact) mass is 848 g/mol. The summed E-state index contributed by atoms with van der Waals surface area (Å²) >= 11 is 0. The number of unbranched alkanes of at least 4 members (excludes halogenated alkanes) is 19. The molecule has 3 atom stereocenters. The Morgan fingerprint density at radius 3 is 1.56 bits per heavy atom. The average Bonchev–Trinajstić information content (AvgIpc) is 3.25. The summed E-state index contributed by atoms with van der Waals surface area (Å²) in [4.78, 5) is 26.1. The topological polar surface area (TPSA) is 95.9 Å². The summed E-state index contributed by atoms with van der Waals surface area (Å²) in [5.74, 6) is -0.569. The Morgan fingerprint density at radius 1 is 0.508 bits per heavy atom. The number of carbonyl (C=O) groups excluding carboxylic acids is 2. The van der Waals surface area contributed by atoms with E-state index in [1.165, 1.54) is 83.5 Å². The number of amides is 1. The van der Waals surface area contributed by atoms with Crippen LogP contribution in [0.1, 0.15) is 213 Å². The van der Waals surface area contributed by atoms with Crippen molar-refractivity contribution in [3.05, 3.63) is 97.2 Å². The number of aliphatic hydroxyl groups is 2. The molecule has 0 aromatic rings. The van der Waals surface area contributed by atoms with Gasteiger partial charge in [-0.2, -0.15) is 0 Å². The Hall–Kier alpha value is -3.22. The van der Waals surface area contributed by atoms with Crippen molar-refractivity contribution in [1.82, 2.24) is 5.32 Å². The molecule has 6 nitrogen and oxygen atoms in total. The van der Waals surface area contributed by atoms with E-state index in [9.17, 15) is 19.8 Å². The third-order valence-electron chi connectivity index (χ3n) is 10.8. The van der Waals surface area contributed by atoms with Crippen LogP contribution in [-0.2, 0) is 14.3 Å². The molecule has 6 heteroatoms. The molecule has 0 aliphatic carbocycles. The zero-order valence-corrected chi connectivity index (χ0v) is 39.5. The minimum atomic E-state index is -0.813. The molecule has 0 saturated heterocycles. The molecule has 3 N–H and O–H groups in total. The van der Waals surface area contributed by atoms with E-state index in [1.807, 2.05) is 48.6 Å². The second-order valence-electron chi connectivity index (χ2n) is 16.6. The molecule has 0 radical (unpaired) electrons. The number of esters is 1. The van der Waals surface area contributed by atoms with Gasteiger partial charge >= 0.3 is 5.97 Å². The number of nitrogens with one attached hydrogen (secondary N) is 1. The molecule has 0 heterocycles. The number of hydrogen-bond donors (Lipinski definition) is 3. The highest BCUT2D eigenvalue weighted by Gasteiger charge is 2.24. The predicted molar refractivity (Wildman–Crippen MR) is 264 cm³/mol. The van der Waals surface area contributed by atoms with Gasteiger partial charge in [0.2, 0.25) is 5.91 Å². The van der Waals surface area contributed by atoms with E-state index < -0.39 is 18.2 Å². The maximum absolute atomic E-state index is 13.2. The minimum Gasteiger partial charge on any atom is -0.462 e. The van der Waals surface area contributed by atoms with Crippen LogP contribution >= 0.6 is 0 Å². The maximum Gasteiger partial charge on any atom is 0.306 e. The van der Waals surface area contributed by atoms with Crippen molar-refractivity contribution in [2.45, 2.75) is 232 Å². The summed E-state index contributed by atoms with van der Waals surface area (Å²) in [5.41, 5.74) is 0. The summed E-state index contributed by atoms with van der Waals surface area (Å²) in [6.07, 6.45) is 63.3. The van der Waals surface area contributed by atoms with E-state index in [-0.39, 0.29) is 24.9 Å². The van der Waals surface area contributed by atoms with Gasteiger partial charge in [-0.3, -0.25) is 9.59 Å². The second kappa shape index (κ2) is 47.8. The lowest BCUT2D eigenvalue weighted by molar-refractivity contribution is -0.151. The van der Waals surface area contributed by atoms with Crippen LogP contribution in [0, 0.1) is 0 Å². The largest absolute Gasteiger partial charge is 0.462 e. The highest BCUT2D eigenvalue weighted by molar-refractivity contribution is 5.77. The Balaban J connectivity index is 4.71. The first kappa shape index (κ1) is 57.8. The van der Waals surface area contributed by atoms with E-state index >= 15 is 0 Å². The predicted octanol–water partition coefficient (Wildman–Crippen LogP) is 14.9. The van der Waals surface area contributed by atoms with E-state index in [0.717, 1.165) is 83.5 Å². The summed E-state index contributed by atoms with van der Waals surface area (Å²) in [6.45, 7) is 6.19. The number of carbonyl (C=O) groups is 2. The van der Waals surface area contributed by atoms with E-state index in [2.05, 4.69) is 74.7 Å². The summed E-state index contributed by atoms with van der Waals surface area (Å²) in [6, 6.07) is -0.732. The van der Waals surface area contributed by atoms with Gasteiger partial charge in [0.1, 0.15) is 6.10 Å². The molecule has 0 aliphatic heterocycles. The Morgan fingerprint density at radius 2 is 0.984 bits per heavy atom. The zero-order chi connectivity index (χ0) is 44.5. The number of rotatable bonds is 43. The molecule has 0 fully saturated rings. The van der Waals surface area contributed by atoms with E-state index in [0.29, 0.717) is 19.3 Å². The molecule has 348 valence electrons. The molecule has 0 rings (SSSR count). The van der Waals surface area contributed by atoms with Crippen LogP contribution in [0.3, 0.4) is 0 Å². The molecule has 0 bridgehead atoms. The lowest BCUT2D eigenvalue weighted by Gasteiger charge is -2.24. The fraction of sp³-hybridized carbons (Fsp3) is 0.673. The van der Waals surface area contributed by atoms with Crippen molar-refractivity contribution in [3.63, 3.8) is 0 Å². The molecule has 61 heavy (non-hydrogen) atoms. The third-order valence-corrected chi connectivity index (χ3v) is 10.8. The van der Waals surface area contributed by atoms with Crippen LogP contribution in [-0.4, -0.2) is 46.9 Å². The number of allylic oxidation sites excluding steroid dienone is 16. The molecular formula is C55H93NO5. The molecule has 0 aromatic heterocycles. The van der Waals surface area contributed by atoms with Crippen molar-refractivity contribution in [1.29, 1.82) is 0 Å². The van der Waals surface area contributed by atoms with Gasteiger partial charge in [-0.1, -0.05) is 227 Å². The van der Waals surface area contributed by atoms with Crippen LogP contribution in [0.5, 0.6) is 0 Å². The minimum absolute atomic E-state index is 0.0180. The Bertz CT molecular complexity index is 1220. The molecule has 1 amide bonds. The normalized spacial score (nSPS) is 14.1. The fourth-order valence-electron chi connectivity index (χ4n) is 7.06. The molecule has 0 aliphatic rings. The average molecular weight is 848 g/mol. The van der Waals surface area contributed by atoms with Gasteiger partial charge in [0.05, 0.1) is 25.2 Å². The Labute approximate surface area is 376 Å². The van der Waals surface area contributed by atoms with Crippen molar-refractivity contribution in [2.75, 3.05) is 6.61 Å². The van der Waals surface area contributed by atoms with Crippen molar-refractivity contribution in [2.24, 2.45) is 0 Å². The van der Waals surface area contributed by atoms with Crippen molar-refractivity contribution in [3.8, 4) is 0 Å². The molecule has 0 aromatic carbocycles. The fourth-order valence-corrected chi connectivity index (χ4v) is 7.06. The third kappa shape index (κ3) is 43.2. The van der Waals surface area contributed by atoms with Crippen LogP contribution < -0.4 is 5.32 Å². The van der Waals surface area contributed by atoms with Crippen molar-refractivity contribution < 1.29 is 24.5 Å². The SMILES string of the molecule is CC/C=C/C=C/C=C\C=C/C=C/CCCC(CC(=O)NC(CO)C(O)CCCCCCCCCCCCCCC)OC(=O)CCCCCCCC/C=C/C/C=C/C/C=C/CC.